The summed E-state index contributed by atoms with van der Waals surface area (Å²) in [5.74, 6) is -3.10. The van der Waals surface area contributed by atoms with Gasteiger partial charge in [0.1, 0.15) is 6.04 Å². The Morgan fingerprint density at radius 1 is 1.45 bits per heavy atom. The van der Waals surface area contributed by atoms with E-state index in [4.69, 9.17) is 5.11 Å². The van der Waals surface area contributed by atoms with Crippen molar-refractivity contribution in [3.63, 3.8) is 0 Å². The third-order valence-corrected chi connectivity index (χ3v) is 3.05. The minimum Gasteiger partial charge on any atom is -0.480 e. The quantitative estimate of drug-likeness (QED) is 0.625. The van der Waals surface area contributed by atoms with Gasteiger partial charge in [0.15, 0.2) is 0 Å². The van der Waals surface area contributed by atoms with Crippen molar-refractivity contribution in [1.82, 2.24) is 5.32 Å². The number of nitrogens with zero attached hydrogens (tertiary/aromatic N) is 1. The van der Waals surface area contributed by atoms with Crippen LogP contribution in [0.15, 0.2) is 18.2 Å². The highest BCUT2D eigenvalue weighted by Gasteiger charge is 2.37. The van der Waals surface area contributed by atoms with Gasteiger partial charge in [-0.05, 0) is 30.9 Å². The first-order valence-electron chi connectivity index (χ1n) is 5.87. The van der Waals surface area contributed by atoms with Gasteiger partial charge in [0, 0.05) is 11.6 Å². The van der Waals surface area contributed by atoms with Crippen LogP contribution in [-0.2, 0) is 4.79 Å². The highest BCUT2D eigenvalue weighted by atomic mass is 19.1. The number of aliphatic carboxylic acids is 1. The lowest BCUT2D eigenvalue weighted by molar-refractivity contribution is -0.387. The Labute approximate surface area is 112 Å². The summed E-state index contributed by atoms with van der Waals surface area (Å²) in [5.41, 5.74) is -0.971. The molecule has 1 aromatic carbocycles. The first-order valence-corrected chi connectivity index (χ1v) is 5.87. The monoisotopic (exact) mass is 282 g/mol. The van der Waals surface area contributed by atoms with Crippen LogP contribution in [0, 0.1) is 21.8 Å². The summed E-state index contributed by atoms with van der Waals surface area (Å²) in [6.07, 6.45) is 1.42. The van der Waals surface area contributed by atoms with Gasteiger partial charge in [0.25, 0.3) is 5.91 Å². The number of benzene rings is 1. The summed E-state index contributed by atoms with van der Waals surface area (Å²) in [6, 6.07) is 1.64. The Bertz CT molecular complexity index is 585. The molecule has 0 radical (unpaired) electrons. The number of nitro groups is 1. The van der Waals surface area contributed by atoms with Crippen molar-refractivity contribution >= 4 is 17.6 Å². The second-order valence-electron chi connectivity index (χ2n) is 4.55. The Morgan fingerprint density at radius 3 is 2.60 bits per heavy atom. The predicted octanol–water partition coefficient (Wildman–Crippen LogP) is 1.33. The molecule has 1 amide bonds. The molecule has 0 spiro atoms. The number of carbonyl (C=O) groups is 2. The molecule has 0 heterocycles. The van der Waals surface area contributed by atoms with E-state index >= 15 is 0 Å². The molecule has 106 valence electrons. The van der Waals surface area contributed by atoms with Crippen molar-refractivity contribution in [1.29, 1.82) is 0 Å². The van der Waals surface area contributed by atoms with Gasteiger partial charge in [-0.25, -0.2) is 4.79 Å². The summed E-state index contributed by atoms with van der Waals surface area (Å²) in [6.45, 7) is 0. The molecule has 0 saturated heterocycles. The molecule has 1 aromatic rings. The second kappa shape index (κ2) is 5.24. The maximum absolute atomic E-state index is 13.1. The Kier molecular flexibility index (Phi) is 3.64. The largest absolute Gasteiger partial charge is 0.480 e. The molecule has 1 saturated carbocycles. The maximum Gasteiger partial charge on any atom is 0.326 e. The third kappa shape index (κ3) is 2.90. The minimum atomic E-state index is -1.16. The average Bonchev–Trinajstić information content (AvgIpc) is 3.19. The second-order valence-corrected chi connectivity index (χ2v) is 4.55. The lowest BCUT2D eigenvalue weighted by Gasteiger charge is -2.13. The van der Waals surface area contributed by atoms with Crippen LogP contribution in [0.25, 0.3) is 0 Å². The fourth-order valence-electron chi connectivity index (χ4n) is 1.83. The number of rotatable bonds is 5. The molecular formula is C12H11FN2O5. The van der Waals surface area contributed by atoms with Crippen molar-refractivity contribution in [2.75, 3.05) is 0 Å². The van der Waals surface area contributed by atoms with E-state index in [0.717, 1.165) is 18.2 Å². The van der Waals surface area contributed by atoms with E-state index in [-0.39, 0.29) is 11.5 Å². The van der Waals surface area contributed by atoms with Crippen molar-refractivity contribution in [3.05, 3.63) is 39.7 Å². The molecule has 1 aliphatic carbocycles. The normalized spacial score (nSPS) is 15.4. The number of nitro benzene ring substituents is 1. The lowest BCUT2D eigenvalue weighted by Crippen LogP contribution is -2.42. The van der Waals surface area contributed by atoms with Gasteiger partial charge in [-0.2, -0.15) is 4.39 Å². The highest BCUT2D eigenvalue weighted by molar-refractivity contribution is 5.97. The van der Waals surface area contributed by atoms with Gasteiger partial charge in [0.05, 0.1) is 4.92 Å². The van der Waals surface area contributed by atoms with Crippen molar-refractivity contribution in [3.8, 4) is 0 Å². The smallest absolute Gasteiger partial charge is 0.326 e. The molecule has 1 aliphatic rings. The number of amides is 1. The molecule has 0 aromatic heterocycles. The van der Waals surface area contributed by atoms with Crippen LogP contribution in [0.3, 0.4) is 0 Å². The van der Waals surface area contributed by atoms with Gasteiger partial charge >= 0.3 is 11.7 Å². The van der Waals surface area contributed by atoms with Gasteiger partial charge in [0.2, 0.25) is 5.82 Å². The molecular weight excluding hydrogens is 271 g/mol. The summed E-state index contributed by atoms with van der Waals surface area (Å²) in [4.78, 5) is 32.5. The number of halogens is 1. The third-order valence-electron chi connectivity index (χ3n) is 3.05. The fourth-order valence-corrected chi connectivity index (χ4v) is 1.83. The molecule has 20 heavy (non-hydrogen) atoms. The number of carbonyl (C=O) groups excluding carboxylic acids is 1. The molecule has 7 nitrogen and oxygen atoms in total. The number of carboxylic acids is 1. The number of nitrogens with one attached hydrogen (secondary N) is 1. The lowest BCUT2D eigenvalue weighted by atomic mass is 10.1. The minimum absolute atomic E-state index is 0.119. The topological polar surface area (TPSA) is 110 Å². The van der Waals surface area contributed by atoms with Crippen LogP contribution in [0.4, 0.5) is 10.1 Å². The van der Waals surface area contributed by atoms with E-state index in [9.17, 15) is 24.1 Å². The zero-order valence-electron chi connectivity index (χ0n) is 10.2. The van der Waals surface area contributed by atoms with E-state index in [0.29, 0.717) is 12.8 Å². The van der Waals surface area contributed by atoms with E-state index in [1.54, 1.807) is 0 Å². The van der Waals surface area contributed by atoms with E-state index in [1.165, 1.54) is 0 Å². The Hall–Kier alpha value is -2.51. The molecule has 0 aliphatic heterocycles. The van der Waals surface area contributed by atoms with Crippen molar-refractivity contribution in [2.45, 2.75) is 18.9 Å². The van der Waals surface area contributed by atoms with Crippen molar-refractivity contribution < 1.29 is 24.0 Å². The number of hydrogen-bond acceptors (Lipinski definition) is 4. The summed E-state index contributed by atoms with van der Waals surface area (Å²) >= 11 is 0. The van der Waals surface area contributed by atoms with Crippen LogP contribution in [-0.4, -0.2) is 27.9 Å². The molecule has 0 bridgehead atoms. The van der Waals surface area contributed by atoms with E-state index in [1.807, 2.05) is 0 Å². The SMILES string of the molecule is O=C(NC(C(=O)O)C1CC1)c1ccc(F)c([N+](=O)[O-])c1. The molecule has 2 N–H and O–H groups in total. The molecule has 2 rings (SSSR count). The van der Waals surface area contributed by atoms with Crippen molar-refractivity contribution in [2.24, 2.45) is 5.92 Å². The summed E-state index contributed by atoms with van der Waals surface area (Å²) < 4.78 is 13.1. The van der Waals surface area contributed by atoms with Crippen LogP contribution >= 0.6 is 0 Å². The Morgan fingerprint density at radius 2 is 2.10 bits per heavy atom. The molecule has 1 unspecified atom stereocenters. The van der Waals surface area contributed by atoms with Gasteiger partial charge < -0.3 is 10.4 Å². The van der Waals surface area contributed by atoms with Crippen LogP contribution < -0.4 is 5.32 Å². The summed E-state index contributed by atoms with van der Waals surface area (Å²) in [7, 11) is 0. The first kappa shape index (κ1) is 13.9. The van der Waals surface area contributed by atoms with E-state index < -0.39 is 34.3 Å². The zero-order valence-corrected chi connectivity index (χ0v) is 10.2. The molecule has 8 heteroatoms. The van der Waals surface area contributed by atoms with Gasteiger partial charge in [-0.1, -0.05) is 0 Å². The summed E-state index contributed by atoms with van der Waals surface area (Å²) in [5, 5.41) is 21.9. The average molecular weight is 282 g/mol. The van der Waals surface area contributed by atoms with Gasteiger partial charge in [-0.15, -0.1) is 0 Å². The van der Waals surface area contributed by atoms with Crippen LogP contribution in [0.1, 0.15) is 23.2 Å². The molecule has 1 fully saturated rings. The maximum atomic E-state index is 13.1. The predicted molar refractivity (Wildman–Crippen MR) is 64.7 cm³/mol. The molecule has 1 atom stereocenters. The highest BCUT2D eigenvalue weighted by Crippen LogP contribution is 2.33. The van der Waals surface area contributed by atoms with Crippen LogP contribution in [0.5, 0.6) is 0 Å². The number of hydrogen-bond donors (Lipinski definition) is 2. The zero-order chi connectivity index (χ0) is 14.9. The Balaban J connectivity index is 2.18. The van der Waals surface area contributed by atoms with E-state index in [2.05, 4.69) is 5.32 Å². The first-order chi connectivity index (χ1) is 9.40. The van der Waals surface area contributed by atoms with Crippen LogP contribution in [0.2, 0.25) is 0 Å². The standard InChI is InChI=1S/C12H11FN2O5/c13-8-4-3-7(5-9(8)15(19)20)11(16)14-10(12(17)18)6-1-2-6/h3-6,10H,1-2H2,(H,14,16)(H,17,18). The van der Waals surface area contributed by atoms with Gasteiger partial charge in [-0.3, -0.25) is 14.9 Å². The number of carboxylic acid groups (broad SMARTS) is 1. The fraction of sp³-hybridized carbons (Fsp3) is 0.333.